The first-order valence-electron chi connectivity index (χ1n) is 6.17. The summed E-state index contributed by atoms with van der Waals surface area (Å²) in [6, 6.07) is 4.74. The molecule has 3 N–H and O–H groups in total. The Bertz CT molecular complexity index is 395. The molecule has 0 aliphatic heterocycles. The normalized spacial score (nSPS) is 12.5. The molecule has 1 unspecified atom stereocenters. The molecule has 0 fully saturated rings. The van der Waals surface area contributed by atoms with Gasteiger partial charge in [0.2, 0.25) is 0 Å². The standard InChI is InChI=1S/C14H21NO3/c1-9(2)13(17)4-5-15-14(18)11-6-10(3)7-12(16)8-11/h6-9,13,16-17H,4-5H2,1-3H3,(H,15,18). The molecule has 1 amide bonds. The number of aryl methyl sites for hydroxylation is 1. The number of carbonyl (C=O) groups excluding carboxylic acids is 1. The van der Waals surface area contributed by atoms with Gasteiger partial charge in [0.25, 0.3) is 5.91 Å². The number of benzene rings is 1. The Morgan fingerprint density at radius 3 is 2.56 bits per heavy atom. The lowest BCUT2D eigenvalue weighted by Gasteiger charge is -2.14. The second-order valence-electron chi connectivity index (χ2n) is 4.91. The van der Waals surface area contributed by atoms with Crippen LogP contribution in [0.5, 0.6) is 5.75 Å². The van der Waals surface area contributed by atoms with Gasteiger partial charge in [0.15, 0.2) is 0 Å². The maximum Gasteiger partial charge on any atom is 0.251 e. The highest BCUT2D eigenvalue weighted by atomic mass is 16.3. The van der Waals surface area contributed by atoms with Gasteiger partial charge in [0.05, 0.1) is 6.10 Å². The van der Waals surface area contributed by atoms with Crippen molar-refractivity contribution in [1.82, 2.24) is 5.32 Å². The number of rotatable bonds is 5. The molecule has 100 valence electrons. The summed E-state index contributed by atoms with van der Waals surface area (Å²) in [6.07, 6.45) is 0.123. The first-order valence-corrected chi connectivity index (χ1v) is 6.17. The van der Waals surface area contributed by atoms with E-state index in [-0.39, 0.29) is 17.6 Å². The van der Waals surface area contributed by atoms with Crippen LogP contribution in [-0.2, 0) is 0 Å². The molecule has 0 aliphatic carbocycles. The second-order valence-corrected chi connectivity index (χ2v) is 4.91. The smallest absolute Gasteiger partial charge is 0.251 e. The predicted octanol–water partition coefficient (Wildman–Crippen LogP) is 1.84. The third kappa shape index (κ3) is 4.37. The van der Waals surface area contributed by atoms with Crippen LogP contribution < -0.4 is 5.32 Å². The van der Waals surface area contributed by atoms with Crippen molar-refractivity contribution in [2.75, 3.05) is 6.54 Å². The third-order valence-corrected chi connectivity index (χ3v) is 2.82. The zero-order valence-electron chi connectivity index (χ0n) is 11.1. The van der Waals surface area contributed by atoms with Crippen LogP contribution in [0.3, 0.4) is 0 Å². The van der Waals surface area contributed by atoms with Gasteiger partial charge in [0, 0.05) is 12.1 Å². The third-order valence-electron chi connectivity index (χ3n) is 2.82. The summed E-state index contributed by atoms with van der Waals surface area (Å²) in [5, 5.41) is 21.7. The van der Waals surface area contributed by atoms with E-state index in [0.29, 0.717) is 18.5 Å². The Balaban J connectivity index is 2.50. The summed E-state index contributed by atoms with van der Waals surface area (Å²) in [5.41, 5.74) is 1.27. The Morgan fingerprint density at radius 2 is 2.00 bits per heavy atom. The van der Waals surface area contributed by atoms with Crippen molar-refractivity contribution in [3.63, 3.8) is 0 Å². The van der Waals surface area contributed by atoms with Crippen LogP contribution in [0.15, 0.2) is 18.2 Å². The maximum absolute atomic E-state index is 11.8. The summed E-state index contributed by atoms with van der Waals surface area (Å²) >= 11 is 0. The number of phenolic OH excluding ortho intramolecular Hbond substituents is 1. The quantitative estimate of drug-likeness (QED) is 0.748. The molecule has 0 saturated heterocycles. The number of aliphatic hydroxyl groups is 1. The van der Waals surface area contributed by atoms with Crippen molar-refractivity contribution in [3.8, 4) is 5.75 Å². The molecule has 0 bridgehead atoms. The maximum atomic E-state index is 11.8. The van der Waals surface area contributed by atoms with Crippen molar-refractivity contribution < 1.29 is 15.0 Å². The van der Waals surface area contributed by atoms with Gasteiger partial charge in [0.1, 0.15) is 5.75 Å². The monoisotopic (exact) mass is 251 g/mol. The van der Waals surface area contributed by atoms with Crippen LogP contribution in [-0.4, -0.2) is 28.8 Å². The predicted molar refractivity (Wildman–Crippen MR) is 70.6 cm³/mol. The first kappa shape index (κ1) is 14.5. The molecule has 0 aliphatic rings. The van der Waals surface area contributed by atoms with Crippen molar-refractivity contribution in [2.45, 2.75) is 33.3 Å². The zero-order valence-corrected chi connectivity index (χ0v) is 11.1. The number of nitrogens with one attached hydrogen (secondary N) is 1. The SMILES string of the molecule is Cc1cc(O)cc(C(=O)NCCC(O)C(C)C)c1. The van der Waals surface area contributed by atoms with Crippen LogP contribution in [0.25, 0.3) is 0 Å². The number of hydrogen-bond donors (Lipinski definition) is 3. The number of phenols is 1. The van der Waals surface area contributed by atoms with Gasteiger partial charge in [-0.05, 0) is 43.0 Å². The van der Waals surface area contributed by atoms with Crippen molar-refractivity contribution in [1.29, 1.82) is 0 Å². The summed E-state index contributed by atoms with van der Waals surface area (Å²) in [4.78, 5) is 11.8. The number of hydrogen-bond acceptors (Lipinski definition) is 3. The summed E-state index contributed by atoms with van der Waals surface area (Å²) in [5.74, 6) is 0.0391. The molecule has 0 aromatic heterocycles. The lowest BCUT2D eigenvalue weighted by Crippen LogP contribution is -2.28. The zero-order chi connectivity index (χ0) is 13.7. The lowest BCUT2D eigenvalue weighted by molar-refractivity contribution is 0.0919. The molecule has 0 radical (unpaired) electrons. The molecule has 4 heteroatoms. The van der Waals surface area contributed by atoms with Crippen molar-refractivity contribution in [3.05, 3.63) is 29.3 Å². The van der Waals surface area contributed by atoms with E-state index in [1.54, 1.807) is 12.1 Å². The van der Waals surface area contributed by atoms with E-state index in [9.17, 15) is 15.0 Å². The molecule has 0 heterocycles. The highest BCUT2D eigenvalue weighted by molar-refractivity contribution is 5.94. The highest BCUT2D eigenvalue weighted by Gasteiger charge is 2.11. The Hall–Kier alpha value is -1.55. The van der Waals surface area contributed by atoms with Crippen molar-refractivity contribution in [2.24, 2.45) is 5.92 Å². The first-order chi connectivity index (χ1) is 8.40. The van der Waals surface area contributed by atoms with Gasteiger partial charge in [-0.25, -0.2) is 0 Å². The largest absolute Gasteiger partial charge is 0.508 e. The van der Waals surface area contributed by atoms with Gasteiger partial charge >= 0.3 is 0 Å². The van der Waals surface area contributed by atoms with E-state index in [1.165, 1.54) is 6.07 Å². The van der Waals surface area contributed by atoms with E-state index < -0.39 is 6.10 Å². The topological polar surface area (TPSA) is 69.6 Å². The minimum atomic E-state index is -0.406. The number of amides is 1. The number of aromatic hydroxyl groups is 1. The van der Waals surface area contributed by atoms with E-state index in [0.717, 1.165) is 5.56 Å². The van der Waals surface area contributed by atoms with Crippen molar-refractivity contribution >= 4 is 5.91 Å². The van der Waals surface area contributed by atoms with Gasteiger partial charge in [-0.2, -0.15) is 0 Å². The van der Waals surface area contributed by atoms with Gasteiger partial charge < -0.3 is 15.5 Å². The van der Waals surface area contributed by atoms with Crippen LogP contribution >= 0.6 is 0 Å². The average Bonchev–Trinajstić information content (AvgIpc) is 2.27. The molecule has 1 aromatic carbocycles. The van der Waals surface area contributed by atoms with E-state index in [1.807, 2.05) is 20.8 Å². The fraction of sp³-hybridized carbons (Fsp3) is 0.500. The molecule has 1 aromatic rings. The molecular formula is C14H21NO3. The van der Waals surface area contributed by atoms with Gasteiger partial charge in [-0.3, -0.25) is 4.79 Å². The summed E-state index contributed by atoms with van der Waals surface area (Å²) < 4.78 is 0. The molecule has 1 atom stereocenters. The van der Waals surface area contributed by atoms with E-state index in [4.69, 9.17) is 0 Å². The van der Waals surface area contributed by atoms with Gasteiger partial charge in [-0.15, -0.1) is 0 Å². The minimum absolute atomic E-state index is 0.0855. The molecule has 4 nitrogen and oxygen atoms in total. The molecule has 0 saturated carbocycles. The Kier molecular flexibility index (Phi) is 5.16. The Morgan fingerprint density at radius 1 is 1.33 bits per heavy atom. The molecule has 1 rings (SSSR count). The number of carbonyl (C=O) groups is 1. The summed E-state index contributed by atoms with van der Waals surface area (Å²) in [7, 11) is 0. The fourth-order valence-electron chi connectivity index (χ4n) is 1.66. The molecular weight excluding hydrogens is 230 g/mol. The molecule has 18 heavy (non-hydrogen) atoms. The van der Waals surface area contributed by atoms with Crippen LogP contribution in [0.4, 0.5) is 0 Å². The molecule has 0 spiro atoms. The highest BCUT2D eigenvalue weighted by Crippen LogP contribution is 2.14. The van der Waals surface area contributed by atoms with E-state index in [2.05, 4.69) is 5.32 Å². The van der Waals surface area contributed by atoms with Crippen LogP contribution in [0, 0.1) is 12.8 Å². The van der Waals surface area contributed by atoms with E-state index >= 15 is 0 Å². The number of aliphatic hydroxyl groups excluding tert-OH is 1. The lowest BCUT2D eigenvalue weighted by atomic mass is 10.0. The second kappa shape index (κ2) is 6.40. The van der Waals surface area contributed by atoms with Gasteiger partial charge in [-0.1, -0.05) is 13.8 Å². The summed E-state index contributed by atoms with van der Waals surface area (Å²) in [6.45, 7) is 6.11. The Labute approximate surface area is 108 Å². The van der Waals surface area contributed by atoms with Crippen LogP contribution in [0.2, 0.25) is 0 Å². The minimum Gasteiger partial charge on any atom is -0.508 e. The van der Waals surface area contributed by atoms with Crippen LogP contribution in [0.1, 0.15) is 36.2 Å². The average molecular weight is 251 g/mol. The fourth-order valence-corrected chi connectivity index (χ4v) is 1.66.